The molecule has 1 heterocycles. The highest BCUT2D eigenvalue weighted by Crippen LogP contribution is 2.15. The molecule has 0 atom stereocenters. The maximum absolute atomic E-state index is 12.3. The van der Waals surface area contributed by atoms with E-state index < -0.39 is 34.1 Å². The molecule has 0 aliphatic carbocycles. The van der Waals surface area contributed by atoms with Crippen molar-refractivity contribution in [3.8, 4) is 0 Å². The van der Waals surface area contributed by atoms with Gasteiger partial charge in [-0.3, -0.25) is 24.3 Å². The number of Topliss-reactive ketones (excluding diaryl/α,β-unsaturated/α-hetero) is 1. The van der Waals surface area contributed by atoms with E-state index in [0.29, 0.717) is 12.3 Å². The van der Waals surface area contributed by atoms with Gasteiger partial charge in [0.15, 0.2) is 5.78 Å². The molecule has 0 amide bonds. The Morgan fingerprint density at radius 3 is 2.50 bits per heavy atom. The van der Waals surface area contributed by atoms with Crippen molar-refractivity contribution >= 4 is 11.5 Å². The first-order chi connectivity index (χ1) is 7.34. The van der Waals surface area contributed by atoms with Crippen molar-refractivity contribution in [2.45, 2.75) is 13.5 Å². The summed E-state index contributed by atoms with van der Waals surface area (Å²) >= 11 is 0. The standard InChI is InChI=1S/C8H6F2N2O4/c1-4(13)6-2-5(12(15)16)3-11(7(6)14)8(9)10/h2-3,8H,1H3. The van der Waals surface area contributed by atoms with Crippen molar-refractivity contribution < 1.29 is 18.5 Å². The summed E-state index contributed by atoms with van der Waals surface area (Å²) in [5.41, 5.74) is -2.60. The minimum absolute atomic E-state index is 0.144. The number of carbonyl (C=O) groups excluding carboxylic acids is 1. The van der Waals surface area contributed by atoms with E-state index in [-0.39, 0.29) is 4.57 Å². The fourth-order valence-electron chi connectivity index (χ4n) is 1.08. The molecule has 0 spiro atoms. The van der Waals surface area contributed by atoms with E-state index in [9.17, 15) is 28.5 Å². The van der Waals surface area contributed by atoms with Crippen LogP contribution in [0.2, 0.25) is 0 Å². The molecule has 0 N–H and O–H groups in total. The van der Waals surface area contributed by atoms with Crippen LogP contribution < -0.4 is 5.56 Å². The zero-order valence-electron chi connectivity index (χ0n) is 8.02. The summed E-state index contributed by atoms with van der Waals surface area (Å²) in [7, 11) is 0. The summed E-state index contributed by atoms with van der Waals surface area (Å²) in [4.78, 5) is 31.6. The summed E-state index contributed by atoms with van der Waals surface area (Å²) in [6.07, 6.45) is 0.402. The van der Waals surface area contributed by atoms with Gasteiger partial charge in [0.1, 0.15) is 0 Å². The molecule has 0 radical (unpaired) electrons. The zero-order valence-corrected chi connectivity index (χ0v) is 8.02. The van der Waals surface area contributed by atoms with Crippen LogP contribution in [0.1, 0.15) is 23.8 Å². The van der Waals surface area contributed by atoms with Crippen LogP contribution in [0.4, 0.5) is 14.5 Å². The monoisotopic (exact) mass is 232 g/mol. The number of ketones is 1. The lowest BCUT2D eigenvalue weighted by Crippen LogP contribution is -2.26. The van der Waals surface area contributed by atoms with Gasteiger partial charge in [-0.05, 0) is 6.92 Å². The largest absolute Gasteiger partial charge is 0.321 e. The first-order valence-corrected chi connectivity index (χ1v) is 4.04. The molecule has 1 aromatic heterocycles. The van der Waals surface area contributed by atoms with Crippen molar-refractivity contribution in [2.75, 3.05) is 0 Å². The number of alkyl halides is 2. The van der Waals surface area contributed by atoms with Crippen molar-refractivity contribution in [1.29, 1.82) is 0 Å². The van der Waals surface area contributed by atoms with Crippen LogP contribution >= 0.6 is 0 Å². The predicted molar refractivity (Wildman–Crippen MR) is 48.6 cm³/mol. The topological polar surface area (TPSA) is 82.2 Å². The van der Waals surface area contributed by atoms with E-state index in [0.717, 1.165) is 6.92 Å². The Balaban J connectivity index is 3.58. The van der Waals surface area contributed by atoms with Gasteiger partial charge in [0.2, 0.25) is 0 Å². The Kier molecular flexibility index (Phi) is 3.11. The van der Waals surface area contributed by atoms with E-state index in [1.54, 1.807) is 0 Å². The van der Waals surface area contributed by atoms with Crippen LogP contribution in [0.3, 0.4) is 0 Å². The molecule has 0 fully saturated rings. The molecule has 0 aliphatic rings. The smallest absolute Gasteiger partial charge is 0.294 e. The molecule has 1 rings (SSSR count). The van der Waals surface area contributed by atoms with Gasteiger partial charge in [-0.2, -0.15) is 8.78 Å². The second kappa shape index (κ2) is 4.17. The quantitative estimate of drug-likeness (QED) is 0.447. The summed E-state index contributed by atoms with van der Waals surface area (Å²) in [5.74, 6) is -0.803. The number of nitrogens with zero attached hydrogens (tertiary/aromatic N) is 2. The molecule has 86 valence electrons. The molecular formula is C8H6F2N2O4. The number of pyridine rings is 1. The molecule has 1 aromatic rings. The number of halogens is 2. The van der Waals surface area contributed by atoms with Gasteiger partial charge in [-0.15, -0.1) is 0 Å². The number of hydrogen-bond acceptors (Lipinski definition) is 4. The van der Waals surface area contributed by atoms with Gasteiger partial charge in [0, 0.05) is 6.07 Å². The van der Waals surface area contributed by atoms with Gasteiger partial charge in [0.05, 0.1) is 16.7 Å². The molecule has 8 heteroatoms. The molecule has 0 bridgehead atoms. The van der Waals surface area contributed by atoms with Crippen molar-refractivity contribution in [2.24, 2.45) is 0 Å². The third-order valence-electron chi connectivity index (χ3n) is 1.83. The molecule has 0 saturated heterocycles. The van der Waals surface area contributed by atoms with E-state index in [4.69, 9.17) is 0 Å². The summed E-state index contributed by atoms with van der Waals surface area (Å²) in [6, 6.07) is 0.684. The Labute approximate surface area is 87.3 Å². The lowest BCUT2D eigenvalue weighted by molar-refractivity contribution is -0.385. The fraction of sp³-hybridized carbons (Fsp3) is 0.250. The number of nitro groups is 1. The summed E-state index contributed by atoms with van der Waals surface area (Å²) in [6.45, 7) is -2.26. The minimum atomic E-state index is -3.23. The second-order valence-corrected chi connectivity index (χ2v) is 2.92. The number of aromatic nitrogens is 1. The van der Waals surface area contributed by atoms with E-state index in [1.165, 1.54) is 0 Å². The second-order valence-electron chi connectivity index (χ2n) is 2.92. The van der Waals surface area contributed by atoms with Gasteiger partial charge < -0.3 is 0 Å². The van der Waals surface area contributed by atoms with Crippen LogP contribution in [-0.4, -0.2) is 15.3 Å². The Bertz CT molecular complexity index is 509. The third-order valence-corrected chi connectivity index (χ3v) is 1.83. The molecule has 0 saturated carbocycles. The lowest BCUT2D eigenvalue weighted by atomic mass is 10.2. The normalized spacial score (nSPS) is 10.5. The fourth-order valence-corrected chi connectivity index (χ4v) is 1.08. The predicted octanol–water partition coefficient (Wildman–Crippen LogP) is 1.35. The Hall–Kier alpha value is -2.12. The molecular weight excluding hydrogens is 226 g/mol. The minimum Gasteiger partial charge on any atom is -0.294 e. The van der Waals surface area contributed by atoms with Crippen LogP contribution in [0.15, 0.2) is 17.1 Å². The summed E-state index contributed by atoms with van der Waals surface area (Å²) < 4.78 is 24.5. The highest BCUT2D eigenvalue weighted by Gasteiger charge is 2.20. The molecule has 0 aliphatic heterocycles. The average Bonchev–Trinajstić information content (AvgIpc) is 2.16. The lowest BCUT2D eigenvalue weighted by Gasteiger charge is -2.05. The number of rotatable bonds is 3. The average molecular weight is 232 g/mol. The van der Waals surface area contributed by atoms with E-state index in [2.05, 4.69) is 0 Å². The van der Waals surface area contributed by atoms with Crippen LogP contribution in [0.5, 0.6) is 0 Å². The van der Waals surface area contributed by atoms with Crippen molar-refractivity contribution in [1.82, 2.24) is 4.57 Å². The van der Waals surface area contributed by atoms with E-state index >= 15 is 0 Å². The number of carbonyl (C=O) groups is 1. The van der Waals surface area contributed by atoms with Crippen molar-refractivity contribution in [3.63, 3.8) is 0 Å². The zero-order chi connectivity index (χ0) is 12.5. The maximum Gasteiger partial charge on any atom is 0.321 e. The van der Waals surface area contributed by atoms with Crippen LogP contribution in [0, 0.1) is 10.1 Å². The van der Waals surface area contributed by atoms with Gasteiger partial charge in [-0.1, -0.05) is 0 Å². The number of hydrogen-bond donors (Lipinski definition) is 0. The van der Waals surface area contributed by atoms with E-state index in [1.807, 2.05) is 0 Å². The Morgan fingerprint density at radius 2 is 2.12 bits per heavy atom. The maximum atomic E-state index is 12.3. The SMILES string of the molecule is CC(=O)c1cc([N+](=O)[O-])cn(C(F)F)c1=O. The van der Waals surface area contributed by atoms with Gasteiger partial charge in [-0.25, -0.2) is 0 Å². The third kappa shape index (κ3) is 2.10. The molecule has 6 nitrogen and oxygen atoms in total. The first-order valence-electron chi connectivity index (χ1n) is 4.04. The van der Waals surface area contributed by atoms with Gasteiger partial charge in [0.25, 0.3) is 11.2 Å². The Morgan fingerprint density at radius 1 is 1.56 bits per heavy atom. The molecule has 0 unspecified atom stereocenters. The first kappa shape index (κ1) is 12.0. The van der Waals surface area contributed by atoms with Crippen molar-refractivity contribution in [3.05, 3.63) is 38.3 Å². The van der Waals surface area contributed by atoms with Crippen LogP contribution in [0.25, 0.3) is 0 Å². The molecule has 0 aromatic carbocycles. The van der Waals surface area contributed by atoms with Gasteiger partial charge >= 0.3 is 6.55 Å². The van der Waals surface area contributed by atoms with Crippen LogP contribution in [-0.2, 0) is 0 Å². The summed E-state index contributed by atoms with van der Waals surface area (Å²) in [5, 5.41) is 10.4. The molecule has 16 heavy (non-hydrogen) atoms. The highest BCUT2D eigenvalue weighted by molar-refractivity contribution is 5.94. The highest BCUT2D eigenvalue weighted by atomic mass is 19.3.